The molecule has 2 unspecified atom stereocenters. The van der Waals surface area contributed by atoms with Gasteiger partial charge in [0.2, 0.25) is 5.91 Å². The number of rotatable bonds is 3. The Morgan fingerprint density at radius 2 is 1.96 bits per heavy atom. The van der Waals surface area contributed by atoms with Gasteiger partial charge in [0.1, 0.15) is 17.2 Å². The molecule has 1 aromatic carbocycles. The van der Waals surface area contributed by atoms with E-state index in [9.17, 15) is 4.79 Å². The lowest BCUT2D eigenvalue weighted by molar-refractivity contribution is -0.117. The van der Waals surface area contributed by atoms with Gasteiger partial charge in [0.05, 0.1) is 0 Å². The summed E-state index contributed by atoms with van der Waals surface area (Å²) in [5.41, 5.74) is 3.80. The molecule has 0 bridgehead atoms. The molecule has 1 amide bonds. The number of benzene rings is 1. The molecule has 1 fully saturated rings. The van der Waals surface area contributed by atoms with E-state index in [1.54, 1.807) is 0 Å². The standard InChI is InChI=1S/C19H19N3O/c1-12-7-6-10-22-17(12)20-16(14-8-4-3-5-9-14)18(22)21-19(23)15-11-13(15)2/h3-10,13,15H,11H2,1-2H3,(H,21,23). The molecule has 23 heavy (non-hydrogen) atoms. The second kappa shape index (κ2) is 5.23. The molecular formula is C19H19N3O. The van der Waals surface area contributed by atoms with E-state index in [1.165, 1.54) is 0 Å². The topological polar surface area (TPSA) is 46.4 Å². The van der Waals surface area contributed by atoms with Gasteiger partial charge in [0.15, 0.2) is 0 Å². The van der Waals surface area contributed by atoms with Crippen molar-refractivity contribution in [2.75, 3.05) is 5.32 Å². The van der Waals surface area contributed by atoms with Gasteiger partial charge in [-0.1, -0.05) is 43.3 Å². The van der Waals surface area contributed by atoms with Crippen LogP contribution in [-0.2, 0) is 4.79 Å². The first-order valence-electron chi connectivity index (χ1n) is 7.99. The molecule has 4 nitrogen and oxygen atoms in total. The highest BCUT2D eigenvalue weighted by Crippen LogP contribution is 2.39. The van der Waals surface area contributed by atoms with Crippen LogP contribution in [0, 0.1) is 18.8 Å². The first kappa shape index (κ1) is 14.0. The van der Waals surface area contributed by atoms with E-state index in [-0.39, 0.29) is 11.8 Å². The Kier molecular flexibility index (Phi) is 3.18. The molecule has 3 aromatic rings. The average Bonchev–Trinajstić information content (AvgIpc) is 3.18. The third kappa shape index (κ3) is 2.40. The van der Waals surface area contributed by atoms with Crippen LogP contribution in [0.1, 0.15) is 18.9 Å². The highest BCUT2D eigenvalue weighted by atomic mass is 16.2. The summed E-state index contributed by atoms with van der Waals surface area (Å²) in [6.45, 7) is 4.15. The van der Waals surface area contributed by atoms with Crippen molar-refractivity contribution in [3.8, 4) is 11.3 Å². The van der Waals surface area contributed by atoms with Gasteiger partial charge in [-0.05, 0) is 30.9 Å². The average molecular weight is 305 g/mol. The van der Waals surface area contributed by atoms with E-state index in [2.05, 4.69) is 12.2 Å². The maximum Gasteiger partial charge on any atom is 0.228 e. The van der Waals surface area contributed by atoms with Gasteiger partial charge in [-0.3, -0.25) is 9.20 Å². The highest BCUT2D eigenvalue weighted by Gasteiger charge is 2.39. The summed E-state index contributed by atoms with van der Waals surface area (Å²) in [7, 11) is 0. The zero-order valence-electron chi connectivity index (χ0n) is 13.3. The first-order chi connectivity index (χ1) is 11.1. The number of amides is 1. The summed E-state index contributed by atoms with van der Waals surface area (Å²) in [5, 5.41) is 3.11. The molecule has 2 atom stereocenters. The van der Waals surface area contributed by atoms with Crippen LogP contribution in [0.25, 0.3) is 16.9 Å². The van der Waals surface area contributed by atoms with Crippen LogP contribution in [0.2, 0.25) is 0 Å². The van der Waals surface area contributed by atoms with E-state index >= 15 is 0 Å². The van der Waals surface area contributed by atoms with Crippen molar-refractivity contribution in [3.05, 3.63) is 54.2 Å². The predicted octanol–water partition coefficient (Wildman–Crippen LogP) is 3.90. The van der Waals surface area contributed by atoms with E-state index in [4.69, 9.17) is 4.98 Å². The summed E-state index contributed by atoms with van der Waals surface area (Å²) in [4.78, 5) is 17.2. The Bertz CT molecular complexity index is 882. The van der Waals surface area contributed by atoms with Crippen LogP contribution < -0.4 is 5.32 Å². The number of aromatic nitrogens is 2. The van der Waals surface area contributed by atoms with Gasteiger partial charge in [0, 0.05) is 17.7 Å². The molecule has 4 rings (SSSR count). The molecule has 0 spiro atoms. The second-order valence-electron chi connectivity index (χ2n) is 6.37. The van der Waals surface area contributed by atoms with Gasteiger partial charge in [-0.2, -0.15) is 0 Å². The van der Waals surface area contributed by atoms with E-state index < -0.39 is 0 Å². The van der Waals surface area contributed by atoms with Crippen LogP contribution >= 0.6 is 0 Å². The summed E-state index contributed by atoms with van der Waals surface area (Å²) >= 11 is 0. The minimum absolute atomic E-state index is 0.0954. The summed E-state index contributed by atoms with van der Waals surface area (Å²) in [6.07, 6.45) is 2.93. The van der Waals surface area contributed by atoms with Crippen LogP contribution in [0.3, 0.4) is 0 Å². The number of imidazole rings is 1. The van der Waals surface area contributed by atoms with Crippen molar-refractivity contribution in [2.45, 2.75) is 20.3 Å². The summed E-state index contributed by atoms with van der Waals surface area (Å²) in [6, 6.07) is 14.0. The van der Waals surface area contributed by atoms with E-state index in [0.717, 1.165) is 34.7 Å². The number of nitrogens with zero attached hydrogens (tertiary/aromatic N) is 2. The Morgan fingerprint density at radius 1 is 1.22 bits per heavy atom. The normalized spacial score (nSPS) is 19.7. The number of aryl methyl sites for hydroxylation is 1. The van der Waals surface area contributed by atoms with Crippen molar-refractivity contribution in [1.29, 1.82) is 0 Å². The lowest BCUT2D eigenvalue weighted by Gasteiger charge is -2.07. The third-order valence-corrected chi connectivity index (χ3v) is 4.58. The number of nitrogens with one attached hydrogen (secondary N) is 1. The van der Waals surface area contributed by atoms with Crippen LogP contribution in [-0.4, -0.2) is 15.3 Å². The quantitative estimate of drug-likeness (QED) is 0.797. The van der Waals surface area contributed by atoms with Gasteiger partial charge in [0.25, 0.3) is 0 Å². The Morgan fingerprint density at radius 3 is 2.65 bits per heavy atom. The SMILES string of the molecule is Cc1cccn2c(NC(=O)C3CC3C)c(-c3ccccc3)nc12. The molecule has 0 saturated heterocycles. The predicted molar refractivity (Wildman–Crippen MR) is 91.3 cm³/mol. The Balaban J connectivity index is 1.85. The number of anilines is 1. The monoisotopic (exact) mass is 305 g/mol. The lowest BCUT2D eigenvalue weighted by atomic mass is 10.1. The van der Waals surface area contributed by atoms with Gasteiger partial charge >= 0.3 is 0 Å². The molecule has 0 aliphatic heterocycles. The molecule has 1 aliphatic rings. The molecule has 1 saturated carbocycles. The fourth-order valence-electron chi connectivity index (χ4n) is 3.02. The first-order valence-corrected chi connectivity index (χ1v) is 7.99. The largest absolute Gasteiger partial charge is 0.310 e. The molecular weight excluding hydrogens is 286 g/mol. The minimum Gasteiger partial charge on any atom is -0.310 e. The number of fused-ring (bicyclic) bond motifs is 1. The second-order valence-corrected chi connectivity index (χ2v) is 6.37. The summed E-state index contributed by atoms with van der Waals surface area (Å²) < 4.78 is 1.97. The van der Waals surface area contributed by atoms with E-state index in [1.807, 2.05) is 60.0 Å². The van der Waals surface area contributed by atoms with Crippen LogP contribution in [0.15, 0.2) is 48.7 Å². The van der Waals surface area contributed by atoms with Crippen LogP contribution in [0.5, 0.6) is 0 Å². The molecule has 2 aromatic heterocycles. The molecule has 2 heterocycles. The third-order valence-electron chi connectivity index (χ3n) is 4.58. The molecule has 1 aliphatic carbocycles. The maximum atomic E-state index is 12.4. The fraction of sp³-hybridized carbons (Fsp3) is 0.263. The Hall–Kier alpha value is -2.62. The zero-order chi connectivity index (χ0) is 16.0. The van der Waals surface area contributed by atoms with Crippen molar-refractivity contribution in [2.24, 2.45) is 11.8 Å². The number of carbonyl (C=O) groups is 1. The van der Waals surface area contributed by atoms with Crippen molar-refractivity contribution in [3.63, 3.8) is 0 Å². The number of hydrogen-bond donors (Lipinski definition) is 1. The molecule has 116 valence electrons. The van der Waals surface area contributed by atoms with E-state index in [0.29, 0.717) is 5.92 Å². The van der Waals surface area contributed by atoms with Crippen molar-refractivity contribution >= 4 is 17.4 Å². The van der Waals surface area contributed by atoms with Gasteiger partial charge in [-0.25, -0.2) is 4.98 Å². The van der Waals surface area contributed by atoms with Gasteiger partial charge in [-0.15, -0.1) is 0 Å². The molecule has 4 heteroatoms. The zero-order valence-corrected chi connectivity index (χ0v) is 13.3. The van der Waals surface area contributed by atoms with Gasteiger partial charge < -0.3 is 5.32 Å². The highest BCUT2D eigenvalue weighted by molar-refractivity contribution is 5.97. The smallest absolute Gasteiger partial charge is 0.228 e. The minimum atomic E-state index is 0.0954. The fourth-order valence-corrected chi connectivity index (χ4v) is 3.02. The Labute approximate surface area is 135 Å². The lowest BCUT2D eigenvalue weighted by Crippen LogP contribution is -2.16. The van der Waals surface area contributed by atoms with Crippen LogP contribution in [0.4, 0.5) is 5.82 Å². The maximum absolute atomic E-state index is 12.4. The van der Waals surface area contributed by atoms with Crippen molar-refractivity contribution in [1.82, 2.24) is 9.38 Å². The summed E-state index contributed by atoms with van der Waals surface area (Å²) in [5.74, 6) is 1.47. The number of pyridine rings is 1. The molecule has 1 N–H and O–H groups in total. The molecule has 0 radical (unpaired) electrons. The number of hydrogen-bond acceptors (Lipinski definition) is 2. The van der Waals surface area contributed by atoms with Crippen molar-refractivity contribution < 1.29 is 4.79 Å². The number of carbonyl (C=O) groups excluding carboxylic acids is 1.